The highest BCUT2D eigenvalue weighted by molar-refractivity contribution is 7.80. The molecule has 0 bridgehead atoms. The molecule has 0 amide bonds. The Balaban J connectivity index is 2.26. The molecule has 2 rings (SSSR count). The van der Waals surface area contributed by atoms with E-state index in [1.165, 1.54) is 0 Å². The van der Waals surface area contributed by atoms with Gasteiger partial charge in [-0.05, 0) is 13.0 Å². The average molecular weight is 248 g/mol. The standard InChI is InChI=1S/C11H12N4OS/c1-2-15-7-8(5-14-15)16-10-6-13-4-3-9(10)11(12)17/h3-7H,2H2,1H3,(H2,12,17). The van der Waals surface area contributed by atoms with Crippen LogP contribution in [0.3, 0.4) is 0 Å². The first-order valence-corrected chi connectivity index (χ1v) is 5.55. The van der Waals surface area contributed by atoms with Crippen LogP contribution >= 0.6 is 12.2 Å². The summed E-state index contributed by atoms with van der Waals surface area (Å²) in [6.45, 7) is 2.79. The first kappa shape index (κ1) is 11.5. The van der Waals surface area contributed by atoms with Crippen molar-refractivity contribution in [2.75, 3.05) is 0 Å². The molecule has 0 aromatic carbocycles. The van der Waals surface area contributed by atoms with Gasteiger partial charge in [0.2, 0.25) is 0 Å². The van der Waals surface area contributed by atoms with Crippen LogP contribution in [0.5, 0.6) is 11.5 Å². The fourth-order valence-electron chi connectivity index (χ4n) is 1.36. The third-order valence-corrected chi connectivity index (χ3v) is 2.43. The molecular weight excluding hydrogens is 236 g/mol. The van der Waals surface area contributed by atoms with Crippen LogP contribution in [0.1, 0.15) is 12.5 Å². The van der Waals surface area contributed by atoms with Gasteiger partial charge in [0, 0.05) is 12.7 Å². The lowest BCUT2D eigenvalue weighted by Gasteiger charge is -2.07. The van der Waals surface area contributed by atoms with Crippen molar-refractivity contribution >= 4 is 17.2 Å². The van der Waals surface area contributed by atoms with Crippen LogP contribution < -0.4 is 10.5 Å². The number of rotatable bonds is 4. The zero-order chi connectivity index (χ0) is 12.3. The Labute approximate surface area is 104 Å². The molecule has 2 N–H and O–H groups in total. The third-order valence-electron chi connectivity index (χ3n) is 2.21. The van der Waals surface area contributed by atoms with Gasteiger partial charge in [0.25, 0.3) is 0 Å². The van der Waals surface area contributed by atoms with Crippen LogP contribution in [0.2, 0.25) is 0 Å². The molecule has 2 aromatic heterocycles. The Morgan fingerprint density at radius 3 is 3.00 bits per heavy atom. The van der Waals surface area contributed by atoms with Gasteiger partial charge in [0.1, 0.15) is 4.99 Å². The van der Waals surface area contributed by atoms with Gasteiger partial charge in [-0.25, -0.2) is 0 Å². The molecule has 17 heavy (non-hydrogen) atoms. The largest absolute Gasteiger partial charge is 0.452 e. The maximum absolute atomic E-state index is 5.64. The van der Waals surface area contributed by atoms with E-state index in [1.807, 2.05) is 6.92 Å². The zero-order valence-electron chi connectivity index (χ0n) is 9.33. The van der Waals surface area contributed by atoms with Gasteiger partial charge in [-0.2, -0.15) is 5.10 Å². The summed E-state index contributed by atoms with van der Waals surface area (Å²) in [5.74, 6) is 1.17. The van der Waals surface area contributed by atoms with Crippen LogP contribution in [-0.4, -0.2) is 19.8 Å². The van der Waals surface area contributed by atoms with Crippen molar-refractivity contribution in [1.82, 2.24) is 14.8 Å². The Kier molecular flexibility index (Phi) is 3.34. The number of hydrogen-bond donors (Lipinski definition) is 1. The van der Waals surface area contributed by atoms with Crippen LogP contribution in [-0.2, 0) is 6.54 Å². The molecule has 6 heteroatoms. The molecule has 88 valence electrons. The van der Waals surface area contributed by atoms with Gasteiger partial charge in [-0.3, -0.25) is 9.67 Å². The number of pyridine rings is 1. The lowest BCUT2D eigenvalue weighted by Crippen LogP contribution is -2.10. The lowest BCUT2D eigenvalue weighted by molar-refractivity contribution is 0.478. The number of nitrogens with two attached hydrogens (primary N) is 1. The summed E-state index contributed by atoms with van der Waals surface area (Å²) in [6, 6.07) is 1.72. The first-order valence-electron chi connectivity index (χ1n) is 5.15. The summed E-state index contributed by atoms with van der Waals surface area (Å²) < 4.78 is 7.41. The second-order valence-electron chi connectivity index (χ2n) is 3.37. The van der Waals surface area contributed by atoms with E-state index in [2.05, 4.69) is 10.1 Å². The minimum Gasteiger partial charge on any atom is -0.452 e. The minimum absolute atomic E-state index is 0.283. The first-order chi connectivity index (χ1) is 8.20. The Hall–Kier alpha value is -1.95. The summed E-state index contributed by atoms with van der Waals surface area (Å²) in [4.78, 5) is 4.27. The van der Waals surface area contributed by atoms with Crippen molar-refractivity contribution in [3.63, 3.8) is 0 Å². The SMILES string of the molecule is CCn1cc(Oc2cnccc2C(N)=S)cn1. The summed E-state index contributed by atoms with van der Waals surface area (Å²) in [6.07, 6.45) is 6.64. The quantitative estimate of drug-likeness (QED) is 0.835. The molecule has 2 heterocycles. The van der Waals surface area contributed by atoms with Crippen LogP contribution in [0.25, 0.3) is 0 Å². The third kappa shape index (κ3) is 2.59. The van der Waals surface area contributed by atoms with Crippen LogP contribution in [0.15, 0.2) is 30.9 Å². The molecule has 0 aliphatic carbocycles. The molecule has 0 radical (unpaired) electrons. The van der Waals surface area contributed by atoms with E-state index in [0.717, 1.165) is 6.54 Å². The van der Waals surface area contributed by atoms with Crippen molar-refractivity contribution < 1.29 is 4.74 Å². The normalized spacial score (nSPS) is 10.2. The van der Waals surface area contributed by atoms with Crippen molar-refractivity contribution in [2.45, 2.75) is 13.5 Å². The summed E-state index contributed by atoms with van der Waals surface area (Å²) in [5.41, 5.74) is 6.27. The maximum atomic E-state index is 5.64. The van der Waals surface area contributed by atoms with Gasteiger partial charge in [-0.15, -0.1) is 0 Å². The van der Waals surface area contributed by atoms with Crippen LogP contribution in [0, 0.1) is 0 Å². The second kappa shape index (κ2) is 4.92. The van der Waals surface area contributed by atoms with E-state index in [9.17, 15) is 0 Å². The van der Waals surface area contributed by atoms with Crippen LogP contribution in [0.4, 0.5) is 0 Å². The van der Waals surface area contributed by atoms with Crippen molar-refractivity contribution in [2.24, 2.45) is 5.73 Å². The van der Waals surface area contributed by atoms with E-state index < -0.39 is 0 Å². The molecule has 0 saturated heterocycles. The Morgan fingerprint density at radius 2 is 2.35 bits per heavy atom. The van der Waals surface area contributed by atoms with Gasteiger partial charge in [0.05, 0.1) is 24.2 Å². The van der Waals surface area contributed by atoms with Crippen molar-refractivity contribution in [1.29, 1.82) is 0 Å². The van der Waals surface area contributed by atoms with Gasteiger partial charge < -0.3 is 10.5 Å². The van der Waals surface area contributed by atoms with E-state index in [-0.39, 0.29) is 4.99 Å². The van der Waals surface area contributed by atoms with E-state index in [0.29, 0.717) is 17.1 Å². The number of ether oxygens (including phenoxy) is 1. The molecule has 0 spiro atoms. The number of thiocarbonyl (C=S) groups is 1. The summed E-state index contributed by atoms with van der Waals surface area (Å²) >= 11 is 4.94. The fraction of sp³-hybridized carbons (Fsp3) is 0.182. The maximum Gasteiger partial charge on any atom is 0.165 e. The molecule has 0 saturated carbocycles. The van der Waals surface area contributed by atoms with Gasteiger partial charge in [0.15, 0.2) is 11.5 Å². The average Bonchev–Trinajstić information content (AvgIpc) is 2.77. The highest BCUT2D eigenvalue weighted by Gasteiger charge is 2.08. The highest BCUT2D eigenvalue weighted by atomic mass is 32.1. The summed E-state index contributed by atoms with van der Waals surface area (Å²) in [5, 5.41) is 4.11. The predicted molar refractivity (Wildman–Crippen MR) is 68.1 cm³/mol. The zero-order valence-corrected chi connectivity index (χ0v) is 10.1. The lowest BCUT2D eigenvalue weighted by atomic mass is 10.2. The molecule has 2 aromatic rings. The fourth-order valence-corrected chi connectivity index (χ4v) is 1.53. The van der Waals surface area contributed by atoms with E-state index in [1.54, 1.807) is 35.5 Å². The number of nitrogens with zero attached hydrogens (tertiary/aromatic N) is 3. The Morgan fingerprint density at radius 1 is 1.53 bits per heavy atom. The van der Waals surface area contributed by atoms with Crippen molar-refractivity contribution in [3.8, 4) is 11.5 Å². The molecule has 0 fully saturated rings. The molecule has 0 atom stereocenters. The molecule has 5 nitrogen and oxygen atoms in total. The topological polar surface area (TPSA) is 66.0 Å². The monoisotopic (exact) mass is 248 g/mol. The Bertz CT molecular complexity index is 538. The van der Waals surface area contributed by atoms with E-state index >= 15 is 0 Å². The second-order valence-corrected chi connectivity index (χ2v) is 3.81. The van der Waals surface area contributed by atoms with E-state index in [4.69, 9.17) is 22.7 Å². The smallest absolute Gasteiger partial charge is 0.165 e. The number of hydrogen-bond acceptors (Lipinski definition) is 4. The van der Waals surface area contributed by atoms with Crippen molar-refractivity contribution in [3.05, 3.63) is 36.4 Å². The molecule has 0 aliphatic rings. The minimum atomic E-state index is 0.283. The predicted octanol–water partition coefficient (Wildman–Crippen LogP) is 1.72. The number of aromatic nitrogens is 3. The summed E-state index contributed by atoms with van der Waals surface area (Å²) in [7, 11) is 0. The number of aryl methyl sites for hydroxylation is 1. The highest BCUT2D eigenvalue weighted by Crippen LogP contribution is 2.23. The molecule has 0 unspecified atom stereocenters. The van der Waals surface area contributed by atoms with Gasteiger partial charge >= 0.3 is 0 Å². The molecule has 0 aliphatic heterocycles. The van der Waals surface area contributed by atoms with Gasteiger partial charge in [-0.1, -0.05) is 12.2 Å². The molecular formula is C11H12N4OS.